The van der Waals surface area contributed by atoms with Crippen LogP contribution in [0.1, 0.15) is 5.56 Å². The number of nitrogens with zero attached hydrogens (tertiary/aromatic N) is 5. The molecule has 0 N–H and O–H groups in total. The van der Waals surface area contributed by atoms with E-state index >= 15 is 0 Å². The predicted octanol–water partition coefficient (Wildman–Crippen LogP) is 2.48. The van der Waals surface area contributed by atoms with Crippen LogP contribution in [0.2, 0.25) is 0 Å². The minimum atomic E-state index is 0.700. The highest BCUT2D eigenvalue weighted by Crippen LogP contribution is 2.26. The summed E-state index contributed by atoms with van der Waals surface area (Å²) in [6, 6.07) is 12.6. The first kappa shape index (κ1) is 13.0. The Bertz CT molecular complexity index is 817. The van der Waals surface area contributed by atoms with E-state index in [0.717, 1.165) is 31.0 Å². The average molecular weight is 291 g/mol. The Morgan fingerprint density at radius 3 is 2.77 bits per heavy atom. The number of para-hydroxylation sites is 1. The van der Waals surface area contributed by atoms with Crippen LogP contribution in [0.5, 0.6) is 0 Å². The third-order valence-electron chi connectivity index (χ3n) is 4.11. The number of hydrogen-bond acceptors (Lipinski definition) is 5. The fourth-order valence-corrected chi connectivity index (χ4v) is 2.91. The van der Waals surface area contributed by atoms with Crippen LogP contribution < -0.4 is 9.80 Å². The van der Waals surface area contributed by atoms with Gasteiger partial charge in [0, 0.05) is 44.8 Å². The van der Waals surface area contributed by atoms with Crippen LogP contribution in [0.4, 0.5) is 11.5 Å². The second kappa shape index (κ2) is 5.26. The lowest BCUT2D eigenvalue weighted by Crippen LogP contribution is -2.29. The summed E-state index contributed by atoms with van der Waals surface area (Å²) in [5.74, 6) is 0.957. The maximum absolute atomic E-state index is 4.67. The van der Waals surface area contributed by atoms with Crippen LogP contribution in [0.25, 0.3) is 11.2 Å². The first-order chi connectivity index (χ1) is 10.8. The molecule has 0 saturated carbocycles. The van der Waals surface area contributed by atoms with Crippen molar-refractivity contribution in [1.29, 1.82) is 0 Å². The Morgan fingerprint density at radius 2 is 1.82 bits per heavy atom. The Kier molecular flexibility index (Phi) is 3.11. The Hall–Kier alpha value is -2.69. The molecule has 0 fully saturated rings. The maximum Gasteiger partial charge on any atom is 0.180 e. The van der Waals surface area contributed by atoms with Crippen LogP contribution in [-0.2, 0) is 6.54 Å². The number of aromatic nitrogens is 3. The van der Waals surface area contributed by atoms with E-state index < -0.39 is 0 Å². The van der Waals surface area contributed by atoms with E-state index in [-0.39, 0.29) is 0 Å². The zero-order chi connectivity index (χ0) is 14.9. The van der Waals surface area contributed by atoms with Gasteiger partial charge in [-0.1, -0.05) is 18.2 Å². The summed E-state index contributed by atoms with van der Waals surface area (Å²) in [4.78, 5) is 17.9. The largest absolute Gasteiger partial charge is 0.373 e. The number of likely N-dealkylation sites (N-methyl/N-ethyl adjacent to an activating group) is 1. The third-order valence-corrected chi connectivity index (χ3v) is 4.11. The second-order valence-corrected chi connectivity index (χ2v) is 5.54. The lowest BCUT2D eigenvalue weighted by atomic mass is 10.1. The van der Waals surface area contributed by atoms with Crippen molar-refractivity contribution < 1.29 is 0 Å². The summed E-state index contributed by atoms with van der Waals surface area (Å²) in [6.45, 7) is 2.76. The number of anilines is 2. The van der Waals surface area contributed by atoms with Gasteiger partial charge in [0.05, 0.1) is 0 Å². The SMILES string of the molecule is CN1CCN(c2ccc3nccnc3n2)Cc2ccccc21. The summed E-state index contributed by atoms with van der Waals surface area (Å²) in [7, 11) is 2.14. The molecule has 1 aliphatic rings. The lowest BCUT2D eigenvalue weighted by Gasteiger charge is -2.22. The van der Waals surface area contributed by atoms with E-state index in [1.807, 2.05) is 12.1 Å². The van der Waals surface area contributed by atoms with Gasteiger partial charge in [-0.05, 0) is 23.8 Å². The highest BCUT2D eigenvalue weighted by atomic mass is 15.2. The van der Waals surface area contributed by atoms with Crippen molar-refractivity contribution in [3.8, 4) is 0 Å². The molecular weight excluding hydrogens is 274 g/mol. The first-order valence-electron chi connectivity index (χ1n) is 7.43. The smallest absolute Gasteiger partial charge is 0.180 e. The Labute approximate surface area is 129 Å². The zero-order valence-corrected chi connectivity index (χ0v) is 12.5. The van der Waals surface area contributed by atoms with Gasteiger partial charge >= 0.3 is 0 Å². The van der Waals surface area contributed by atoms with E-state index in [9.17, 15) is 0 Å². The summed E-state index contributed by atoms with van der Waals surface area (Å²) >= 11 is 0. The van der Waals surface area contributed by atoms with Crippen molar-refractivity contribution in [1.82, 2.24) is 15.0 Å². The van der Waals surface area contributed by atoms with Gasteiger partial charge in [-0.3, -0.25) is 4.98 Å². The average Bonchev–Trinajstić information content (AvgIpc) is 2.74. The Balaban J connectivity index is 1.72. The van der Waals surface area contributed by atoms with Gasteiger partial charge in [0.25, 0.3) is 0 Å². The molecule has 5 nitrogen and oxygen atoms in total. The quantitative estimate of drug-likeness (QED) is 0.689. The standard InChI is InChI=1S/C17H17N5/c1-21-10-11-22(12-13-4-2-3-5-15(13)21)16-7-6-14-17(20-16)19-9-8-18-14/h2-9H,10-12H2,1H3. The molecule has 0 bridgehead atoms. The highest BCUT2D eigenvalue weighted by Gasteiger charge is 2.18. The molecule has 1 aliphatic heterocycles. The third kappa shape index (κ3) is 2.24. The molecule has 3 heterocycles. The second-order valence-electron chi connectivity index (χ2n) is 5.54. The minimum absolute atomic E-state index is 0.700. The summed E-state index contributed by atoms with van der Waals surface area (Å²) in [5, 5.41) is 0. The number of rotatable bonds is 1. The van der Waals surface area contributed by atoms with Crippen LogP contribution in [0, 0.1) is 0 Å². The number of hydrogen-bond donors (Lipinski definition) is 0. The number of fused-ring (bicyclic) bond motifs is 2. The highest BCUT2D eigenvalue weighted by molar-refractivity contribution is 5.72. The van der Waals surface area contributed by atoms with Crippen molar-refractivity contribution in [3.63, 3.8) is 0 Å². The lowest BCUT2D eigenvalue weighted by molar-refractivity contribution is 0.786. The van der Waals surface area contributed by atoms with Gasteiger partial charge in [-0.15, -0.1) is 0 Å². The maximum atomic E-state index is 4.67. The number of pyridine rings is 1. The molecule has 1 aromatic carbocycles. The van der Waals surface area contributed by atoms with E-state index in [1.165, 1.54) is 11.3 Å². The van der Waals surface area contributed by atoms with Crippen molar-refractivity contribution >= 4 is 22.7 Å². The Morgan fingerprint density at radius 1 is 0.955 bits per heavy atom. The van der Waals surface area contributed by atoms with E-state index in [1.54, 1.807) is 12.4 Å². The van der Waals surface area contributed by atoms with Gasteiger partial charge in [0.1, 0.15) is 11.3 Å². The fourth-order valence-electron chi connectivity index (χ4n) is 2.91. The topological polar surface area (TPSA) is 45.2 Å². The van der Waals surface area contributed by atoms with E-state index in [2.05, 4.69) is 56.1 Å². The van der Waals surface area contributed by atoms with Gasteiger partial charge in [0.2, 0.25) is 0 Å². The molecule has 0 radical (unpaired) electrons. The van der Waals surface area contributed by atoms with Crippen molar-refractivity contribution in [2.45, 2.75) is 6.54 Å². The van der Waals surface area contributed by atoms with Gasteiger partial charge in [-0.25, -0.2) is 9.97 Å². The molecule has 5 heteroatoms. The fraction of sp³-hybridized carbons (Fsp3) is 0.235. The molecule has 3 aromatic rings. The number of benzene rings is 1. The van der Waals surface area contributed by atoms with Crippen molar-refractivity contribution in [2.24, 2.45) is 0 Å². The minimum Gasteiger partial charge on any atom is -0.373 e. The van der Waals surface area contributed by atoms with Crippen molar-refractivity contribution in [3.05, 3.63) is 54.4 Å². The molecular formula is C17H17N5. The van der Waals surface area contributed by atoms with Gasteiger partial charge in [-0.2, -0.15) is 0 Å². The molecule has 0 amide bonds. The first-order valence-corrected chi connectivity index (χ1v) is 7.43. The molecule has 0 aliphatic carbocycles. The van der Waals surface area contributed by atoms with E-state index in [4.69, 9.17) is 0 Å². The van der Waals surface area contributed by atoms with E-state index in [0.29, 0.717) is 5.65 Å². The molecule has 0 atom stereocenters. The molecule has 0 unspecified atom stereocenters. The van der Waals surface area contributed by atoms with Crippen LogP contribution in [0.3, 0.4) is 0 Å². The van der Waals surface area contributed by atoms with Gasteiger partial charge in [0.15, 0.2) is 5.65 Å². The normalized spacial score (nSPS) is 14.8. The molecule has 22 heavy (non-hydrogen) atoms. The van der Waals surface area contributed by atoms with Crippen LogP contribution >= 0.6 is 0 Å². The van der Waals surface area contributed by atoms with Crippen LogP contribution in [0.15, 0.2) is 48.8 Å². The summed E-state index contributed by atoms with van der Waals surface area (Å²) in [6.07, 6.45) is 3.38. The molecule has 0 saturated heterocycles. The predicted molar refractivity (Wildman–Crippen MR) is 88.1 cm³/mol. The van der Waals surface area contributed by atoms with Gasteiger partial charge < -0.3 is 9.80 Å². The zero-order valence-electron chi connectivity index (χ0n) is 12.5. The molecule has 2 aromatic heterocycles. The van der Waals surface area contributed by atoms with Crippen molar-refractivity contribution in [2.75, 3.05) is 29.9 Å². The molecule has 0 spiro atoms. The summed E-state index contributed by atoms with van der Waals surface area (Å²) < 4.78 is 0. The molecule has 4 rings (SSSR count). The summed E-state index contributed by atoms with van der Waals surface area (Å²) in [5.41, 5.74) is 4.15. The molecule has 110 valence electrons. The monoisotopic (exact) mass is 291 g/mol. The van der Waals surface area contributed by atoms with Crippen LogP contribution in [-0.4, -0.2) is 35.1 Å².